The lowest BCUT2D eigenvalue weighted by atomic mass is 10.2. The van der Waals surface area contributed by atoms with E-state index in [9.17, 15) is 8.42 Å². The van der Waals surface area contributed by atoms with Gasteiger partial charge in [-0.15, -0.1) is 0 Å². The van der Waals surface area contributed by atoms with E-state index < -0.39 is 10.0 Å². The monoisotopic (exact) mass is 480 g/mol. The third kappa shape index (κ3) is 4.80. The summed E-state index contributed by atoms with van der Waals surface area (Å²) in [6.07, 6.45) is 1.64. The lowest BCUT2D eigenvalue weighted by Crippen LogP contribution is -2.14. The first-order chi connectivity index (χ1) is 16.0. The summed E-state index contributed by atoms with van der Waals surface area (Å²) in [7, 11) is 0.0622. The Kier molecular flexibility index (Phi) is 6.15. The first-order valence-electron chi connectivity index (χ1n) is 10.7. The molecule has 0 amide bonds. The number of nitrogens with two attached hydrogens (primary N) is 1. The van der Waals surface area contributed by atoms with E-state index in [1.54, 1.807) is 31.3 Å². The summed E-state index contributed by atoms with van der Waals surface area (Å²) in [6.45, 7) is 5.84. The molecule has 2 heterocycles. The summed E-state index contributed by atoms with van der Waals surface area (Å²) in [5, 5.41) is 11.7. The molecule has 4 rings (SSSR count). The lowest BCUT2D eigenvalue weighted by Gasteiger charge is -2.19. The normalized spacial score (nSPS) is 11.7. The predicted octanol–water partition coefficient (Wildman–Crippen LogP) is 3.65. The van der Waals surface area contributed by atoms with Crippen LogP contribution in [-0.2, 0) is 17.1 Å². The number of aromatic nitrogens is 4. The third-order valence-corrected chi connectivity index (χ3v) is 6.46. The van der Waals surface area contributed by atoms with Gasteiger partial charge in [-0.1, -0.05) is 6.07 Å². The Labute approximate surface area is 198 Å². The lowest BCUT2D eigenvalue weighted by molar-refractivity contribution is 0.597. The molecule has 0 saturated heterocycles. The maximum Gasteiger partial charge on any atom is 0.238 e. The maximum atomic E-state index is 11.8. The van der Waals surface area contributed by atoms with E-state index >= 15 is 0 Å². The van der Waals surface area contributed by atoms with Crippen molar-refractivity contribution >= 4 is 50.1 Å². The average Bonchev–Trinajstić information content (AvgIpc) is 3.08. The van der Waals surface area contributed by atoms with Crippen LogP contribution in [-0.4, -0.2) is 41.0 Å². The number of hydrogen-bond donors (Lipinski definition) is 3. The van der Waals surface area contributed by atoms with E-state index in [1.165, 1.54) is 6.07 Å². The Morgan fingerprint density at radius 2 is 1.85 bits per heavy atom. The molecule has 2 aromatic carbocycles. The van der Waals surface area contributed by atoms with Crippen LogP contribution in [0.3, 0.4) is 0 Å². The van der Waals surface area contributed by atoms with Crippen LogP contribution >= 0.6 is 0 Å². The maximum absolute atomic E-state index is 11.8. The van der Waals surface area contributed by atoms with E-state index in [2.05, 4.69) is 34.4 Å². The number of hydrogen-bond acceptors (Lipinski definition) is 8. The highest BCUT2D eigenvalue weighted by Gasteiger charge is 2.14. The van der Waals surface area contributed by atoms with E-state index in [4.69, 9.17) is 10.1 Å². The highest BCUT2D eigenvalue weighted by atomic mass is 32.2. The minimum Gasteiger partial charge on any atom is -0.353 e. The van der Waals surface area contributed by atoms with E-state index in [1.807, 2.05) is 41.8 Å². The second-order valence-corrected chi connectivity index (χ2v) is 9.94. The van der Waals surface area contributed by atoms with Crippen LogP contribution in [0, 0.1) is 6.92 Å². The van der Waals surface area contributed by atoms with E-state index in [0.29, 0.717) is 23.0 Å². The van der Waals surface area contributed by atoms with Gasteiger partial charge in [0.2, 0.25) is 21.9 Å². The summed E-state index contributed by atoms with van der Waals surface area (Å²) < 4.78 is 25.7. The predicted molar refractivity (Wildman–Crippen MR) is 135 cm³/mol. The highest BCUT2D eigenvalue weighted by molar-refractivity contribution is 7.89. The fourth-order valence-electron chi connectivity index (χ4n) is 3.63. The fourth-order valence-corrected chi connectivity index (χ4v) is 4.43. The summed E-state index contributed by atoms with van der Waals surface area (Å²) in [5.41, 5.74) is 3.90. The minimum atomic E-state index is -3.83. The number of anilines is 5. The molecule has 4 aromatic rings. The van der Waals surface area contributed by atoms with Crippen molar-refractivity contribution in [2.24, 2.45) is 12.2 Å². The molecule has 0 spiro atoms. The van der Waals surface area contributed by atoms with Crippen molar-refractivity contribution in [3.8, 4) is 0 Å². The first kappa shape index (κ1) is 23.5. The molecule has 4 N–H and O–H groups in total. The van der Waals surface area contributed by atoms with Crippen LogP contribution in [0.25, 0.3) is 11.0 Å². The van der Waals surface area contributed by atoms with Gasteiger partial charge in [0, 0.05) is 37.7 Å². The molecular formula is C23H28N8O2S. The van der Waals surface area contributed by atoms with Gasteiger partial charge in [0.1, 0.15) is 5.82 Å². The smallest absolute Gasteiger partial charge is 0.238 e. The van der Waals surface area contributed by atoms with Crippen molar-refractivity contribution in [2.75, 3.05) is 22.6 Å². The number of aryl methyl sites for hydroxylation is 2. The van der Waals surface area contributed by atoms with Gasteiger partial charge in [-0.3, -0.25) is 0 Å². The second kappa shape index (κ2) is 8.92. The van der Waals surface area contributed by atoms with Gasteiger partial charge in [0.25, 0.3) is 0 Å². The topological polar surface area (TPSA) is 131 Å². The van der Waals surface area contributed by atoms with E-state index in [-0.39, 0.29) is 10.9 Å². The van der Waals surface area contributed by atoms with Crippen LogP contribution < -0.4 is 20.7 Å². The number of benzene rings is 2. The number of sulfonamides is 1. The Hall–Kier alpha value is -3.70. The molecule has 0 aliphatic heterocycles. The zero-order chi connectivity index (χ0) is 24.6. The van der Waals surface area contributed by atoms with Crippen LogP contribution in [0.4, 0.5) is 29.1 Å². The largest absolute Gasteiger partial charge is 0.353 e. The molecule has 0 aliphatic carbocycles. The van der Waals surface area contributed by atoms with Crippen molar-refractivity contribution in [2.45, 2.75) is 31.7 Å². The van der Waals surface area contributed by atoms with Crippen molar-refractivity contribution in [1.29, 1.82) is 0 Å². The molecule has 178 valence electrons. The van der Waals surface area contributed by atoms with Crippen molar-refractivity contribution in [3.63, 3.8) is 0 Å². The minimum absolute atomic E-state index is 0.0563. The van der Waals surface area contributed by atoms with Crippen LogP contribution in [0.2, 0.25) is 0 Å². The number of fused-ring (bicyclic) bond motifs is 1. The number of nitrogens with one attached hydrogen (secondary N) is 2. The third-order valence-electron chi connectivity index (χ3n) is 5.40. The molecule has 34 heavy (non-hydrogen) atoms. The molecule has 0 atom stereocenters. The number of imidazole rings is 1. The summed E-state index contributed by atoms with van der Waals surface area (Å²) in [6, 6.07) is 13.0. The highest BCUT2D eigenvalue weighted by Crippen LogP contribution is 2.28. The van der Waals surface area contributed by atoms with Crippen LogP contribution in [0.5, 0.6) is 0 Å². The molecule has 0 bridgehead atoms. The quantitative estimate of drug-likeness (QED) is 0.365. The number of rotatable bonds is 7. The van der Waals surface area contributed by atoms with Gasteiger partial charge in [-0.25, -0.2) is 23.5 Å². The van der Waals surface area contributed by atoms with Crippen molar-refractivity contribution < 1.29 is 8.42 Å². The fraction of sp³-hybridized carbons (Fsp3) is 0.261. The second-order valence-electron chi connectivity index (χ2n) is 8.41. The Bertz CT molecular complexity index is 1460. The van der Waals surface area contributed by atoms with Gasteiger partial charge in [0.05, 0.1) is 15.9 Å². The average molecular weight is 481 g/mol. The van der Waals surface area contributed by atoms with Crippen molar-refractivity contribution in [3.05, 3.63) is 54.2 Å². The van der Waals surface area contributed by atoms with Gasteiger partial charge < -0.3 is 20.1 Å². The molecule has 0 aliphatic rings. The van der Waals surface area contributed by atoms with Gasteiger partial charge in [-0.05, 0) is 62.7 Å². The summed E-state index contributed by atoms with van der Waals surface area (Å²) in [4.78, 5) is 15.6. The first-order valence-corrected chi connectivity index (χ1v) is 12.3. The molecule has 0 radical (unpaired) electrons. The molecule has 11 heteroatoms. The van der Waals surface area contributed by atoms with E-state index in [0.717, 1.165) is 22.7 Å². The van der Waals surface area contributed by atoms with Crippen molar-refractivity contribution in [1.82, 2.24) is 19.5 Å². The molecule has 0 unspecified atom stereocenters. The summed E-state index contributed by atoms with van der Waals surface area (Å²) >= 11 is 0. The number of nitrogens with zero attached hydrogens (tertiary/aromatic N) is 5. The summed E-state index contributed by atoms with van der Waals surface area (Å²) in [5.74, 6) is 1.80. The molecule has 10 nitrogen and oxygen atoms in total. The Balaban J connectivity index is 1.61. The van der Waals surface area contributed by atoms with Crippen LogP contribution in [0.1, 0.15) is 19.4 Å². The zero-order valence-electron chi connectivity index (χ0n) is 19.7. The molecule has 2 aromatic heterocycles. The van der Waals surface area contributed by atoms with Crippen LogP contribution in [0.15, 0.2) is 53.6 Å². The Morgan fingerprint density at radius 1 is 1.09 bits per heavy atom. The zero-order valence-corrected chi connectivity index (χ0v) is 20.6. The number of primary sulfonamides is 1. The van der Waals surface area contributed by atoms with Gasteiger partial charge in [0.15, 0.2) is 0 Å². The SMILES string of the molecule is Cc1ccc(Nc2nccc(N(C)c3ccc4c(c3)nc(NC(C)C)n4C)n2)cc1S(N)(=O)=O. The molecule has 0 fully saturated rings. The van der Waals surface area contributed by atoms with Gasteiger partial charge >= 0.3 is 0 Å². The standard InChI is InChI=1S/C23H28N8O2S/c1-14(2)26-23-28-18-13-17(8-9-19(18)31(23)5)30(4)21-10-11-25-22(29-21)27-16-7-6-15(3)20(12-16)34(24,32)33/h6-14H,1-5H3,(H,26,28)(H2,24,32,33)(H,25,27,29). The van der Waals surface area contributed by atoms with Gasteiger partial charge in [-0.2, -0.15) is 4.98 Å². The molecular weight excluding hydrogens is 452 g/mol. The molecule has 0 saturated carbocycles. The Morgan fingerprint density at radius 3 is 2.56 bits per heavy atom.